The Morgan fingerprint density at radius 2 is 1.52 bits per heavy atom. The number of fused-ring (bicyclic) bond motifs is 1. The van der Waals surface area contributed by atoms with E-state index in [0.717, 1.165) is 11.1 Å². The molecule has 2 aliphatic heterocycles. The van der Waals surface area contributed by atoms with Crippen molar-refractivity contribution in [3.63, 3.8) is 0 Å². The van der Waals surface area contributed by atoms with E-state index in [1.165, 1.54) is 0 Å². The molecule has 2 aromatic rings. The first-order chi connectivity index (χ1) is 12.2. The summed E-state index contributed by atoms with van der Waals surface area (Å²) in [5, 5.41) is 8.17. The molecular formula is C21H19N3O. The first-order valence-electron chi connectivity index (χ1n) is 8.44. The van der Waals surface area contributed by atoms with Crippen LogP contribution < -0.4 is 0 Å². The highest BCUT2D eigenvalue weighted by Crippen LogP contribution is 2.34. The van der Waals surface area contributed by atoms with Crippen molar-refractivity contribution < 1.29 is 4.79 Å². The number of benzene rings is 2. The predicted octanol–water partition coefficient (Wildman–Crippen LogP) is 3.39. The van der Waals surface area contributed by atoms with E-state index >= 15 is 0 Å². The molecule has 0 radical (unpaired) electrons. The number of amidine groups is 1. The standard InChI is InChI=1S/C21H19N3O/c22-18-12-7-13-24-19(18)23-20(25)21(24,14-16-8-3-1-4-9-16)15-17-10-5-2-6-11-17/h1-11,13,22H,12,14-15H2. The zero-order valence-corrected chi connectivity index (χ0v) is 13.9. The molecule has 4 nitrogen and oxygen atoms in total. The molecule has 2 aromatic carbocycles. The van der Waals surface area contributed by atoms with Crippen LogP contribution in [-0.2, 0) is 17.6 Å². The van der Waals surface area contributed by atoms with Crippen molar-refractivity contribution in [1.82, 2.24) is 4.90 Å². The van der Waals surface area contributed by atoms with Gasteiger partial charge >= 0.3 is 0 Å². The maximum Gasteiger partial charge on any atom is 0.274 e. The van der Waals surface area contributed by atoms with E-state index in [9.17, 15) is 4.79 Å². The van der Waals surface area contributed by atoms with Gasteiger partial charge in [-0.15, -0.1) is 0 Å². The van der Waals surface area contributed by atoms with Gasteiger partial charge in [0.05, 0.1) is 5.71 Å². The number of allylic oxidation sites excluding steroid dienone is 1. The van der Waals surface area contributed by atoms with Gasteiger partial charge in [0.25, 0.3) is 5.91 Å². The molecule has 4 rings (SSSR count). The maximum atomic E-state index is 13.1. The molecule has 0 saturated heterocycles. The van der Waals surface area contributed by atoms with E-state index < -0.39 is 5.54 Å². The van der Waals surface area contributed by atoms with Crippen LogP contribution in [0, 0.1) is 5.41 Å². The van der Waals surface area contributed by atoms with Crippen LogP contribution in [0.5, 0.6) is 0 Å². The van der Waals surface area contributed by atoms with Crippen LogP contribution in [0.25, 0.3) is 0 Å². The number of amides is 1. The van der Waals surface area contributed by atoms with Gasteiger partial charge in [0.1, 0.15) is 5.54 Å². The molecule has 2 aliphatic rings. The molecule has 1 amide bonds. The van der Waals surface area contributed by atoms with Crippen LogP contribution in [0.3, 0.4) is 0 Å². The second-order valence-corrected chi connectivity index (χ2v) is 6.53. The lowest BCUT2D eigenvalue weighted by molar-refractivity contribution is -0.124. The van der Waals surface area contributed by atoms with Crippen LogP contribution in [0.2, 0.25) is 0 Å². The van der Waals surface area contributed by atoms with E-state index in [-0.39, 0.29) is 5.91 Å². The fourth-order valence-corrected chi connectivity index (χ4v) is 3.60. The Labute approximate surface area is 147 Å². The molecule has 0 saturated carbocycles. The molecule has 0 unspecified atom stereocenters. The van der Waals surface area contributed by atoms with Crippen LogP contribution in [0.4, 0.5) is 0 Å². The zero-order valence-electron chi connectivity index (χ0n) is 13.9. The number of nitrogens with one attached hydrogen (secondary N) is 1. The summed E-state index contributed by atoms with van der Waals surface area (Å²) in [5.41, 5.74) is 1.78. The fraction of sp³-hybridized carbons (Fsp3) is 0.190. The number of carbonyl (C=O) groups excluding carboxylic acids is 1. The van der Waals surface area contributed by atoms with Crippen molar-refractivity contribution in [2.24, 2.45) is 4.99 Å². The smallest absolute Gasteiger partial charge is 0.274 e. The van der Waals surface area contributed by atoms with Crippen LogP contribution in [0.15, 0.2) is 77.9 Å². The summed E-state index contributed by atoms with van der Waals surface area (Å²) in [6.07, 6.45) is 5.51. The van der Waals surface area contributed by atoms with Crippen LogP contribution in [0.1, 0.15) is 17.5 Å². The van der Waals surface area contributed by atoms with E-state index in [0.29, 0.717) is 30.8 Å². The number of carbonyl (C=O) groups is 1. The predicted molar refractivity (Wildman–Crippen MR) is 98.8 cm³/mol. The number of hydrogen-bond acceptors (Lipinski definition) is 3. The Balaban J connectivity index is 1.79. The Morgan fingerprint density at radius 3 is 2.08 bits per heavy atom. The van der Waals surface area contributed by atoms with Gasteiger partial charge < -0.3 is 10.3 Å². The highest BCUT2D eigenvalue weighted by Gasteiger charge is 2.50. The minimum absolute atomic E-state index is 0.161. The molecule has 4 heteroatoms. The molecule has 0 bridgehead atoms. The van der Waals surface area contributed by atoms with Crippen molar-refractivity contribution in [2.75, 3.05) is 0 Å². The molecule has 124 valence electrons. The maximum absolute atomic E-state index is 13.1. The lowest BCUT2D eigenvalue weighted by Gasteiger charge is -2.38. The summed E-state index contributed by atoms with van der Waals surface area (Å²) < 4.78 is 0. The van der Waals surface area contributed by atoms with Crippen molar-refractivity contribution in [1.29, 1.82) is 5.41 Å². The lowest BCUT2D eigenvalue weighted by Crippen LogP contribution is -2.54. The van der Waals surface area contributed by atoms with E-state index in [1.807, 2.05) is 77.8 Å². The summed E-state index contributed by atoms with van der Waals surface area (Å²) in [6.45, 7) is 0. The van der Waals surface area contributed by atoms with Gasteiger partial charge in [-0.05, 0) is 11.1 Å². The van der Waals surface area contributed by atoms with Crippen LogP contribution in [-0.4, -0.2) is 27.9 Å². The van der Waals surface area contributed by atoms with Crippen molar-refractivity contribution in [2.45, 2.75) is 24.8 Å². The second-order valence-electron chi connectivity index (χ2n) is 6.53. The quantitative estimate of drug-likeness (QED) is 0.935. The van der Waals surface area contributed by atoms with Gasteiger partial charge in [-0.25, -0.2) is 0 Å². The largest absolute Gasteiger partial charge is 0.316 e. The minimum atomic E-state index is -0.804. The topological polar surface area (TPSA) is 56.5 Å². The third-order valence-corrected chi connectivity index (χ3v) is 4.82. The minimum Gasteiger partial charge on any atom is -0.316 e. The van der Waals surface area contributed by atoms with Gasteiger partial charge in [0.2, 0.25) is 0 Å². The number of aliphatic imine (C=N–C) groups is 1. The molecule has 1 N–H and O–H groups in total. The molecule has 0 spiro atoms. The highest BCUT2D eigenvalue weighted by molar-refractivity contribution is 6.44. The highest BCUT2D eigenvalue weighted by atomic mass is 16.2. The summed E-state index contributed by atoms with van der Waals surface area (Å²) in [4.78, 5) is 19.2. The summed E-state index contributed by atoms with van der Waals surface area (Å²) >= 11 is 0. The monoisotopic (exact) mass is 329 g/mol. The summed E-state index contributed by atoms with van der Waals surface area (Å²) in [7, 11) is 0. The Kier molecular flexibility index (Phi) is 3.80. The van der Waals surface area contributed by atoms with Gasteiger partial charge in [-0.1, -0.05) is 66.7 Å². The second kappa shape index (κ2) is 6.13. The van der Waals surface area contributed by atoms with E-state index in [1.54, 1.807) is 0 Å². The Hall–Kier alpha value is -3.01. The third kappa shape index (κ3) is 2.70. The van der Waals surface area contributed by atoms with E-state index in [4.69, 9.17) is 5.41 Å². The molecule has 0 aliphatic carbocycles. The summed E-state index contributed by atoms with van der Waals surface area (Å²) in [6, 6.07) is 20.1. The molecule has 2 heterocycles. The number of hydrogen-bond donors (Lipinski definition) is 1. The van der Waals surface area contributed by atoms with Crippen LogP contribution >= 0.6 is 0 Å². The SMILES string of the molecule is N=C1CC=CN2C1=NC(=O)C2(Cc1ccccc1)Cc1ccccc1. The van der Waals surface area contributed by atoms with Gasteiger partial charge in [0.15, 0.2) is 5.84 Å². The van der Waals surface area contributed by atoms with Gasteiger partial charge in [0, 0.05) is 25.5 Å². The number of nitrogens with zero attached hydrogens (tertiary/aromatic N) is 2. The summed E-state index contributed by atoms with van der Waals surface area (Å²) in [5.74, 6) is 0.339. The first kappa shape index (κ1) is 15.5. The Bertz CT molecular complexity index is 827. The third-order valence-electron chi connectivity index (χ3n) is 4.82. The number of rotatable bonds is 4. The molecule has 25 heavy (non-hydrogen) atoms. The lowest BCUT2D eigenvalue weighted by atomic mass is 9.82. The van der Waals surface area contributed by atoms with Crippen molar-refractivity contribution >= 4 is 17.5 Å². The average molecular weight is 329 g/mol. The molecule has 0 atom stereocenters. The van der Waals surface area contributed by atoms with Crippen molar-refractivity contribution in [3.05, 3.63) is 84.1 Å². The fourth-order valence-electron chi connectivity index (χ4n) is 3.60. The van der Waals surface area contributed by atoms with E-state index in [2.05, 4.69) is 4.99 Å². The molecular weight excluding hydrogens is 310 g/mol. The zero-order chi connectivity index (χ0) is 17.3. The Morgan fingerprint density at radius 1 is 0.960 bits per heavy atom. The van der Waals surface area contributed by atoms with Crippen molar-refractivity contribution in [3.8, 4) is 0 Å². The molecule has 0 aromatic heterocycles. The average Bonchev–Trinajstić information content (AvgIpc) is 2.90. The normalized spacial score (nSPS) is 18.2. The molecule has 0 fully saturated rings. The first-order valence-corrected chi connectivity index (χ1v) is 8.44. The van der Waals surface area contributed by atoms with Gasteiger partial charge in [-0.3, -0.25) is 4.79 Å². The van der Waals surface area contributed by atoms with Gasteiger partial charge in [-0.2, -0.15) is 4.99 Å².